The van der Waals surface area contributed by atoms with E-state index < -0.39 is 5.97 Å². The Morgan fingerprint density at radius 1 is 1.03 bits per heavy atom. The Balaban J connectivity index is 1.42. The maximum Gasteiger partial charge on any atom is 0.303 e. The number of aromatic nitrogens is 2. The monoisotopic (exact) mass is 543 g/mol. The predicted octanol–water partition coefficient (Wildman–Crippen LogP) is 6.56. The lowest BCUT2D eigenvalue weighted by atomic mass is 9.87. The molecule has 2 N–H and O–H groups in total. The van der Waals surface area contributed by atoms with E-state index in [-0.39, 0.29) is 18.4 Å². The number of aliphatic carboxylic acids is 1. The minimum atomic E-state index is -0.812. The van der Waals surface area contributed by atoms with Gasteiger partial charge in [0.25, 0.3) is 5.91 Å². The zero-order valence-corrected chi connectivity index (χ0v) is 22.5. The van der Waals surface area contributed by atoms with Crippen molar-refractivity contribution in [3.05, 3.63) is 88.1 Å². The summed E-state index contributed by atoms with van der Waals surface area (Å²) < 4.78 is 5.37. The van der Waals surface area contributed by atoms with E-state index in [4.69, 9.17) is 31.4 Å². The third-order valence-corrected chi connectivity index (χ3v) is 7.39. The summed E-state index contributed by atoms with van der Waals surface area (Å²) in [5.74, 6) is -0.143. The van der Waals surface area contributed by atoms with Crippen LogP contribution in [0.25, 0.3) is 22.3 Å². The molecule has 3 aromatic carbocycles. The first kappa shape index (κ1) is 26.6. The van der Waals surface area contributed by atoms with Gasteiger partial charge in [-0.15, -0.1) is 0 Å². The third-order valence-electron chi connectivity index (χ3n) is 7.14. The fourth-order valence-corrected chi connectivity index (χ4v) is 5.25. The van der Waals surface area contributed by atoms with Gasteiger partial charge in [-0.1, -0.05) is 29.8 Å². The van der Waals surface area contributed by atoms with Crippen molar-refractivity contribution in [2.24, 2.45) is 0 Å². The van der Waals surface area contributed by atoms with Crippen molar-refractivity contribution in [1.29, 1.82) is 0 Å². The molecule has 4 aromatic rings. The fourth-order valence-electron chi connectivity index (χ4n) is 5.12. The van der Waals surface area contributed by atoms with Crippen molar-refractivity contribution in [3.63, 3.8) is 0 Å². The Morgan fingerprint density at radius 2 is 1.85 bits per heavy atom. The molecule has 1 unspecified atom stereocenters. The molecule has 0 saturated carbocycles. The molecule has 0 saturated heterocycles. The second kappa shape index (κ2) is 11.8. The number of carbonyl (C=O) groups is 2. The second-order valence-corrected chi connectivity index (χ2v) is 10.2. The van der Waals surface area contributed by atoms with Gasteiger partial charge in [0.2, 0.25) is 0 Å². The molecular weight excluding hydrogens is 514 g/mol. The molecule has 7 nitrogen and oxygen atoms in total. The highest BCUT2D eigenvalue weighted by Gasteiger charge is 2.23. The fraction of sp³-hybridized carbons (Fsp3) is 0.290. The van der Waals surface area contributed by atoms with Crippen molar-refractivity contribution in [2.45, 2.75) is 51.0 Å². The number of fused-ring (bicyclic) bond motifs is 2. The quantitative estimate of drug-likeness (QED) is 0.232. The van der Waals surface area contributed by atoms with Crippen LogP contribution >= 0.6 is 11.6 Å². The number of aryl methyl sites for hydroxylation is 2. The smallest absolute Gasteiger partial charge is 0.303 e. The normalized spacial score (nSPS) is 14.6. The van der Waals surface area contributed by atoms with Gasteiger partial charge in [-0.05, 0) is 92.1 Å². The largest absolute Gasteiger partial charge is 0.497 e. The minimum absolute atomic E-state index is 0.0639. The second-order valence-electron chi connectivity index (χ2n) is 9.81. The van der Waals surface area contributed by atoms with Gasteiger partial charge in [-0.3, -0.25) is 9.59 Å². The van der Waals surface area contributed by atoms with Gasteiger partial charge in [0.1, 0.15) is 5.75 Å². The van der Waals surface area contributed by atoms with E-state index >= 15 is 0 Å². The molecule has 0 radical (unpaired) electrons. The maximum atomic E-state index is 13.3. The number of nitrogens with zero attached hydrogens (tertiary/aromatic N) is 2. The number of carboxylic acid groups (broad SMARTS) is 1. The van der Waals surface area contributed by atoms with Crippen LogP contribution in [0.3, 0.4) is 0 Å². The van der Waals surface area contributed by atoms with Crippen molar-refractivity contribution < 1.29 is 19.4 Å². The van der Waals surface area contributed by atoms with Crippen molar-refractivity contribution in [2.75, 3.05) is 7.11 Å². The molecule has 0 spiro atoms. The minimum Gasteiger partial charge on any atom is -0.497 e. The van der Waals surface area contributed by atoms with E-state index in [1.807, 2.05) is 42.5 Å². The van der Waals surface area contributed by atoms with Crippen LogP contribution in [0.15, 0.2) is 60.7 Å². The highest BCUT2D eigenvalue weighted by molar-refractivity contribution is 6.30. The zero-order valence-electron chi connectivity index (χ0n) is 21.7. The topological polar surface area (TPSA) is 101 Å². The Kier molecular flexibility index (Phi) is 8.07. The first-order chi connectivity index (χ1) is 18.9. The molecule has 0 aliphatic heterocycles. The van der Waals surface area contributed by atoms with E-state index in [1.54, 1.807) is 19.2 Å². The summed E-state index contributed by atoms with van der Waals surface area (Å²) in [5.41, 5.74) is 6.56. The van der Waals surface area contributed by atoms with Gasteiger partial charge >= 0.3 is 5.97 Å². The van der Waals surface area contributed by atoms with Crippen molar-refractivity contribution in [1.82, 2.24) is 15.3 Å². The van der Waals surface area contributed by atoms with Crippen LogP contribution in [0.5, 0.6) is 5.75 Å². The molecule has 8 heteroatoms. The van der Waals surface area contributed by atoms with Crippen LogP contribution in [0, 0.1) is 0 Å². The van der Waals surface area contributed by atoms with Gasteiger partial charge in [-0.25, -0.2) is 9.97 Å². The number of unbranched alkanes of at least 4 members (excludes halogenated alkanes) is 1. The van der Waals surface area contributed by atoms with Gasteiger partial charge in [0.05, 0.1) is 35.6 Å². The van der Waals surface area contributed by atoms with Crippen molar-refractivity contribution in [3.8, 4) is 17.0 Å². The molecule has 1 aromatic heterocycles. The van der Waals surface area contributed by atoms with Crippen LogP contribution in [0.2, 0.25) is 5.02 Å². The molecule has 0 fully saturated rings. The van der Waals surface area contributed by atoms with E-state index in [1.165, 1.54) is 5.56 Å². The number of carboxylic acids is 1. The summed E-state index contributed by atoms with van der Waals surface area (Å²) in [6.07, 6.45) is 4.74. The number of methoxy groups -OCH3 is 1. The molecule has 1 aliphatic rings. The Morgan fingerprint density at radius 3 is 2.62 bits per heavy atom. The number of benzene rings is 3. The Hall–Kier alpha value is -3.97. The van der Waals surface area contributed by atoms with E-state index in [9.17, 15) is 9.59 Å². The summed E-state index contributed by atoms with van der Waals surface area (Å²) in [6.45, 7) is 0. The number of hydrogen-bond donors (Lipinski definition) is 2. The molecule has 1 heterocycles. The number of amides is 1. The molecule has 0 bridgehead atoms. The number of carbonyl (C=O) groups excluding carboxylic acids is 1. The van der Waals surface area contributed by atoms with E-state index in [0.717, 1.165) is 47.5 Å². The number of halogens is 1. The van der Waals surface area contributed by atoms with E-state index in [2.05, 4.69) is 11.4 Å². The molecule has 1 atom stereocenters. The molecule has 1 aliphatic carbocycles. The Labute approximate surface area is 232 Å². The van der Waals surface area contributed by atoms with Gasteiger partial charge in [0.15, 0.2) is 0 Å². The number of hydrogen-bond acceptors (Lipinski definition) is 5. The summed E-state index contributed by atoms with van der Waals surface area (Å²) in [4.78, 5) is 34.1. The lowest BCUT2D eigenvalue weighted by Gasteiger charge is -2.27. The third kappa shape index (κ3) is 6.20. The van der Waals surface area contributed by atoms with Gasteiger partial charge < -0.3 is 15.2 Å². The van der Waals surface area contributed by atoms with Crippen molar-refractivity contribution >= 4 is 34.5 Å². The SMILES string of the molecule is COc1ccc2c(c1)CCCC2NC(=O)c1ccc2nc(-c3ccc(Cl)cc3)c(CCCCC(=O)O)nc2c1. The predicted molar refractivity (Wildman–Crippen MR) is 151 cm³/mol. The first-order valence-electron chi connectivity index (χ1n) is 13.2. The molecule has 5 rings (SSSR count). The number of rotatable bonds is 9. The molecule has 1 amide bonds. The van der Waals surface area contributed by atoms with Crippen LogP contribution in [-0.4, -0.2) is 34.1 Å². The summed E-state index contributed by atoms with van der Waals surface area (Å²) in [7, 11) is 1.66. The zero-order chi connectivity index (χ0) is 27.4. The maximum absolute atomic E-state index is 13.3. The average Bonchev–Trinajstić information content (AvgIpc) is 2.94. The van der Waals surface area contributed by atoms with Gasteiger partial charge in [0, 0.05) is 22.6 Å². The summed E-state index contributed by atoms with van der Waals surface area (Å²) >= 11 is 6.09. The highest BCUT2D eigenvalue weighted by atomic mass is 35.5. The molecule has 39 heavy (non-hydrogen) atoms. The van der Waals surface area contributed by atoms with Crippen LogP contribution in [-0.2, 0) is 17.6 Å². The average molecular weight is 544 g/mol. The Bertz CT molecular complexity index is 1520. The lowest BCUT2D eigenvalue weighted by Crippen LogP contribution is -2.31. The van der Waals surface area contributed by atoms with Crippen LogP contribution in [0.4, 0.5) is 0 Å². The first-order valence-corrected chi connectivity index (χ1v) is 13.5. The standard InChI is InChI=1S/C31H30ClN3O4/c1-39-23-14-15-24-20(17-23)5-4-7-25(24)35-31(38)21-11-16-26-28(18-21)33-27(6-2-3-8-29(36)37)30(34-26)19-9-12-22(32)13-10-19/h9-18,25H,2-8H2,1H3,(H,35,38)(H,36,37). The number of ether oxygens (including phenoxy) is 1. The van der Waals surface area contributed by atoms with Crippen LogP contribution < -0.4 is 10.1 Å². The lowest BCUT2D eigenvalue weighted by molar-refractivity contribution is -0.137. The molecular formula is C31H30ClN3O4. The van der Waals surface area contributed by atoms with E-state index in [0.29, 0.717) is 40.9 Å². The highest BCUT2D eigenvalue weighted by Crippen LogP contribution is 2.33. The summed E-state index contributed by atoms with van der Waals surface area (Å²) in [6, 6.07) is 18.8. The van der Waals surface area contributed by atoms with Crippen LogP contribution in [0.1, 0.15) is 65.3 Å². The summed E-state index contributed by atoms with van der Waals surface area (Å²) in [5, 5.41) is 12.8. The van der Waals surface area contributed by atoms with Gasteiger partial charge in [-0.2, -0.15) is 0 Å². The number of nitrogens with one attached hydrogen (secondary N) is 1. The molecule has 200 valence electrons.